The summed E-state index contributed by atoms with van der Waals surface area (Å²) in [7, 11) is 0. The van der Waals surface area contributed by atoms with Gasteiger partial charge in [-0.15, -0.1) is 0 Å². The predicted molar refractivity (Wildman–Crippen MR) is 116 cm³/mol. The van der Waals surface area contributed by atoms with Crippen molar-refractivity contribution in [2.45, 2.75) is 37.6 Å². The first-order chi connectivity index (χ1) is 13.5. The molecule has 0 aromatic heterocycles. The maximum absolute atomic E-state index is 12.7. The third kappa shape index (κ3) is 3.71. The van der Waals surface area contributed by atoms with Crippen molar-refractivity contribution in [2.24, 2.45) is 0 Å². The Labute approximate surface area is 178 Å². The molecule has 4 rings (SSSR count). The summed E-state index contributed by atoms with van der Waals surface area (Å²) in [5.41, 5.74) is 0.788. The molecule has 3 aliphatic rings. The maximum Gasteiger partial charge on any atom is 0.264 e. The molecule has 0 unspecified atom stereocenters. The average molecular weight is 496 g/mol. The third-order valence-electron chi connectivity index (χ3n) is 5.91. The molecule has 8 heteroatoms. The van der Waals surface area contributed by atoms with Gasteiger partial charge in [-0.25, -0.2) is 3.11 Å². The second-order valence-corrected chi connectivity index (χ2v) is 9.08. The number of hydrogen-bond acceptors (Lipinski definition) is 5. The van der Waals surface area contributed by atoms with Crippen molar-refractivity contribution in [3.63, 3.8) is 0 Å². The second kappa shape index (κ2) is 7.90. The van der Waals surface area contributed by atoms with Crippen molar-refractivity contribution in [1.82, 2.24) is 8.43 Å². The van der Waals surface area contributed by atoms with E-state index in [4.69, 9.17) is 0 Å². The molecule has 2 amide bonds. The molecule has 0 bridgehead atoms. The van der Waals surface area contributed by atoms with Crippen LogP contribution in [0.5, 0.6) is 0 Å². The maximum atomic E-state index is 12.7. The Bertz CT molecular complexity index is 794. The number of amides is 2. The van der Waals surface area contributed by atoms with E-state index in [0.717, 1.165) is 31.9 Å². The molecule has 1 spiro atoms. The summed E-state index contributed by atoms with van der Waals surface area (Å²) >= 11 is 2.23. The third-order valence-corrected chi connectivity index (χ3v) is 6.87. The largest absolute Gasteiger partial charge is 0.509 e. The van der Waals surface area contributed by atoms with Crippen LogP contribution in [0.1, 0.15) is 32.1 Å². The fraction of sp³-hybridized carbons (Fsp3) is 0.500. The minimum absolute atomic E-state index is 0.121. The van der Waals surface area contributed by atoms with Crippen LogP contribution in [0.15, 0.2) is 35.6 Å². The summed E-state index contributed by atoms with van der Waals surface area (Å²) in [6.07, 6.45) is 4.88. The van der Waals surface area contributed by atoms with Crippen LogP contribution in [-0.4, -0.2) is 51.8 Å². The van der Waals surface area contributed by atoms with Crippen LogP contribution < -0.4 is 15.5 Å². The van der Waals surface area contributed by atoms with Gasteiger partial charge in [0.2, 0.25) is 0 Å². The van der Waals surface area contributed by atoms with Crippen molar-refractivity contribution in [1.29, 1.82) is 0 Å². The van der Waals surface area contributed by atoms with Gasteiger partial charge >= 0.3 is 0 Å². The molecule has 7 nitrogen and oxygen atoms in total. The smallest absolute Gasteiger partial charge is 0.264 e. The van der Waals surface area contributed by atoms with E-state index >= 15 is 0 Å². The lowest BCUT2D eigenvalue weighted by Gasteiger charge is -2.36. The summed E-state index contributed by atoms with van der Waals surface area (Å²) in [6, 6.07) is 7.66. The van der Waals surface area contributed by atoms with Crippen LogP contribution in [0.25, 0.3) is 0 Å². The molecule has 1 aromatic rings. The Morgan fingerprint density at radius 1 is 1.07 bits per heavy atom. The molecule has 3 N–H and O–H groups in total. The van der Waals surface area contributed by atoms with E-state index in [1.54, 1.807) is 0 Å². The molecule has 1 aromatic carbocycles. The molecule has 0 atom stereocenters. The summed E-state index contributed by atoms with van der Waals surface area (Å²) in [5, 5.41) is 16.3. The van der Waals surface area contributed by atoms with Crippen LogP contribution in [0, 0.1) is 0 Å². The first-order valence-electron chi connectivity index (χ1n) is 9.82. The lowest BCUT2D eigenvalue weighted by atomic mass is 9.87. The normalized spacial score (nSPS) is 22.5. The number of hydrogen-bond donors (Lipinski definition) is 3. The SMILES string of the molecule is O=C(Nc1ccc(N2CCCCC2)cc1)C1=C(O)C2(CCN(I)CC2)NC1=O. The van der Waals surface area contributed by atoms with Gasteiger partial charge in [0.15, 0.2) is 0 Å². The van der Waals surface area contributed by atoms with Crippen molar-refractivity contribution in [3.8, 4) is 0 Å². The van der Waals surface area contributed by atoms with E-state index in [1.165, 1.54) is 19.3 Å². The molecule has 2 saturated heterocycles. The van der Waals surface area contributed by atoms with Gasteiger partial charge < -0.3 is 20.6 Å². The Morgan fingerprint density at radius 3 is 2.36 bits per heavy atom. The average Bonchev–Trinajstić information content (AvgIpc) is 2.95. The van der Waals surface area contributed by atoms with Gasteiger partial charge in [-0.2, -0.15) is 0 Å². The van der Waals surface area contributed by atoms with Crippen LogP contribution in [0.4, 0.5) is 11.4 Å². The highest BCUT2D eigenvalue weighted by Gasteiger charge is 2.49. The second-order valence-electron chi connectivity index (χ2n) is 7.72. The number of aliphatic hydroxyl groups excluding tert-OH is 1. The number of carbonyl (C=O) groups is 2. The Kier molecular flexibility index (Phi) is 5.50. The van der Waals surface area contributed by atoms with Crippen LogP contribution in [-0.2, 0) is 9.59 Å². The monoisotopic (exact) mass is 496 g/mol. The zero-order valence-corrected chi connectivity index (χ0v) is 17.9. The molecule has 0 aliphatic carbocycles. The van der Waals surface area contributed by atoms with E-state index < -0.39 is 17.4 Å². The van der Waals surface area contributed by atoms with E-state index in [2.05, 4.69) is 41.5 Å². The highest BCUT2D eigenvalue weighted by molar-refractivity contribution is 14.1. The molecule has 3 aliphatic heterocycles. The van der Waals surface area contributed by atoms with E-state index in [0.29, 0.717) is 18.5 Å². The molecule has 0 saturated carbocycles. The van der Waals surface area contributed by atoms with Crippen LogP contribution >= 0.6 is 22.9 Å². The highest BCUT2D eigenvalue weighted by Crippen LogP contribution is 2.36. The molecule has 150 valence electrons. The first-order valence-corrected chi connectivity index (χ1v) is 10.8. The molecule has 3 heterocycles. The Morgan fingerprint density at radius 2 is 1.71 bits per heavy atom. The van der Waals surface area contributed by atoms with Gasteiger partial charge in [-0.3, -0.25) is 9.59 Å². The van der Waals surface area contributed by atoms with Gasteiger partial charge in [0.25, 0.3) is 11.8 Å². The summed E-state index contributed by atoms with van der Waals surface area (Å²) < 4.78 is 2.12. The fourth-order valence-corrected chi connectivity index (χ4v) is 4.70. The molecule has 2 fully saturated rings. The predicted octanol–water partition coefficient (Wildman–Crippen LogP) is 2.74. The quantitative estimate of drug-likeness (QED) is 0.341. The van der Waals surface area contributed by atoms with Crippen molar-refractivity contribution in [3.05, 3.63) is 35.6 Å². The summed E-state index contributed by atoms with van der Waals surface area (Å²) in [6.45, 7) is 3.61. The molecule has 28 heavy (non-hydrogen) atoms. The van der Waals surface area contributed by atoms with Gasteiger partial charge in [0, 0.05) is 60.4 Å². The minimum atomic E-state index is -0.802. The van der Waals surface area contributed by atoms with Crippen molar-refractivity contribution >= 4 is 46.1 Å². The van der Waals surface area contributed by atoms with Gasteiger partial charge in [-0.1, -0.05) is 0 Å². The van der Waals surface area contributed by atoms with Crippen LogP contribution in [0.3, 0.4) is 0 Å². The fourth-order valence-electron chi connectivity index (χ4n) is 4.22. The van der Waals surface area contributed by atoms with E-state index in [-0.39, 0.29) is 11.3 Å². The standard InChI is InChI=1S/C20H25IN4O3/c21-25-12-8-20(9-13-25)17(26)16(19(28)23-20)18(27)22-14-4-6-15(7-5-14)24-10-2-1-3-11-24/h4-7,26H,1-3,8-13H2,(H,22,27)(H,23,28). The number of benzene rings is 1. The number of piperidine rings is 2. The van der Waals surface area contributed by atoms with Crippen LogP contribution in [0.2, 0.25) is 0 Å². The number of carbonyl (C=O) groups excluding carboxylic acids is 2. The van der Waals surface area contributed by atoms with Gasteiger partial charge in [-0.05, 0) is 56.4 Å². The number of nitrogens with zero attached hydrogens (tertiary/aromatic N) is 2. The number of halogens is 1. The number of nitrogens with one attached hydrogen (secondary N) is 2. The lowest BCUT2D eigenvalue weighted by Crippen LogP contribution is -2.51. The number of anilines is 2. The summed E-state index contributed by atoms with van der Waals surface area (Å²) in [5.74, 6) is -1.18. The lowest BCUT2D eigenvalue weighted by molar-refractivity contribution is -0.121. The summed E-state index contributed by atoms with van der Waals surface area (Å²) in [4.78, 5) is 27.5. The molecular formula is C20H25IN4O3. The van der Waals surface area contributed by atoms with E-state index in [9.17, 15) is 14.7 Å². The van der Waals surface area contributed by atoms with E-state index in [1.807, 2.05) is 24.3 Å². The van der Waals surface area contributed by atoms with Crippen molar-refractivity contribution in [2.75, 3.05) is 36.4 Å². The minimum Gasteiger partial charge on any atom is -0.509 e. The first kappa shape index (κ1) is 19.5. The Balaban J connectivity index is 1.47. The number of rotatable bonds is 3. The topological polar surface area (TPSA) is 84.9 Å². The highest BCUT2D eigenvalue weighted by atomic mass is 127. The number of aliphatic hydroxyl groups is 1. The van der Waals surface area contributed by atoms with Crippen molar-refractivity contribution < 1.29 is 14.7 Å². The zero-order valence-electron chi connectivity index (χ0n) is 15.7. The Hall–Kier alpha value is -1.81. The molecular weight excluding hydrogens is 471 g/mol. The zero-order chi connectivity index (χ0) is 19.7. The molecule has 0 radical (unpaired) electrons. The van der Waals surface area contributed by atoms with Gasteiger partial charge in [0.05, 0.1) is 0 Å². The van der Waals surface area contributed by atoms with Gasteiger partial charge in [0.1, 0.15) is 16.9 Å².